The van der Waals surface area contributed by atoms with Crippen molar-refractivity contribution < 1.29 is 22.7 Å². The van der Waals surface area contributed by atoms with Gasteiger partial charge in [-0.1, -0.05) is 24.3 Å². The number of sulfonamides is 1. The van der Waals surface area contributed by atoms with E-state index < -0.39 is 10.0 Å². The van der Waals surface area contributed by atoms with Crippen LogP contribution in [0.15, 0.2) is 53.4 Å². The van der Waals surface area contributed by atoms with Crippen molar-refractivity contribution >= 4 is 21.7 Å². The summed E-state index contributed by atoms with van der Waals surface area (Å²) in [6, 6.07) is 13.9. The Hall–Kier alpha value is -2.71. The number of hydrogen-bond acceptors (Lipinski definition) is 5. The van der Waals surface area contributed by atoms with E-state index in [-0.39, 0.29) is 35.6 Å². The minimum absolute atomic E-state index is 0.0452. The van der Waals surface area contributed by atoms with Crippen molar-refractivity contribution in [1.29, 1.82) is 0 Å². The first-order chi connectivity index (χ1) is 15.3. The second-order valence-electron chi connectivity index (χ2n) is 8.07. The highest BCUT2D eigenvalue weighted by Gasteiger charge is 2.32. The zero-order chi connectivity index (χ0) is 23.1. The van der Waals surface area contributed by atoms with Crippen LogP contribution in [0.5, 0.6) is 5.75 Å². The largest absolute Gasteiger partial charge is 0.494 e. The van der Waals surface area contributed by atoms with Crippen LogP contribution in [-0.4, -0.2) is 50.7 Å². The quantitative estimate of drug-likeness (QED) is 0.460. The van der Waals surface area contributed by atoms with Gasteiger partial charge in [0.25, 0.3) is 0 Å². The number of aryl methyl sites for hydroxylation is 1. The molecule has 0 spiro atoms. The summed E-state index contributed by atoms with van der Waals surface area (Å²) in [6.07, 6.45) is 1.63. The van der Waals surface area contributed by atoms with Gasteiger partial charge in [-0.2, -0.15) is 4.31 Å². The molecule has 1 N–H and O–H groups in total. The number of ether oxygens (including phenoxy) is 1. The molecule has 1 aliphatic rings. The second kappa shape index (κ2) is 10.7. The minimum Gasteiger partial charge on any atom is -0.494 e. The monoisotopic (exact) mass is 458 g/mol. The van der Waals surface area contributed by atoms with Crippen molar-refractivity contribution in [2.45, 2.75) is 38.0 Å². The van der Waals surface area contributed by atoms with Gasteiger partial charge in [-0.15, -0.1) is 0 Å². The van der Waals surface area contributed by atoms with Crippen LogP contribution in [0.1, 0.15) is 42.1 Å². The third-order valence-corrected chi connectivity index (χ3v) is 7.48. The zero-order valence-corrected chi connectivity index (χ0v) is 19.4. The molecule has 32 heavy (non-hydrogen) atoms. The zero-order valence-electron chi connectivity index (χ0n) is 18.5. The van der Waals surface area contributed by atoms with Gasteiger partial charge in [-0.05, 0) is 62.9 Å². The molecule has 0 unspecified atom stereocenters. The Morgan fingerprint density at radius 2 is 1.81 bits per heavy atom. The number of benzene rings is 2. The van der Waals surface area contributed by atoms with E-state index in [1.807, 2.05) is 31.2 Å². The fourth-order valence-corrected chi connectivity index (χ4v) is 5.22. The molecule has 7 nitrogen and oxygen atoms in total. The number of nitrogens with one attached hydrogen (secondary N) is 1. The van der Waals surface area contributed by atoms with Crippen LogP contribution < -0.4 is 10.1 Å². The number of amides is 1. The summed E-state index contributed by atoms with van der Waals surface area (Å²) >= 11 is 0. The first-order valence-electron chi connectivity index (χ1n) is 10.9. The van der Waals surface area contributed by atoms with Gasteiger partial charge in [0, 0.05) is 31.1 Å². The van der Waals surface area contributed by atoms with Crippen LogP contribution in [-0.2, 0) is 14.8 Å². The molecule has 0 atom stereocenters. The van der Waals surface area contributed by atoms with Gasteiger partial charge >= 0.3 is 0 Å². The number of carbonyl (C=O) groups is 2. The summed E-state index contributed by atoms with van der Waals surface area (Å²) in [6.45, 7) is 5.00. The Morgan fingerprint density at radius 3 is 2.50 bits per heavy atom. The van der Waals surface area contributed by atoms with E-state index in [0.29, 0.717) is 38.0 Å². The highest BCUT2D eigenvalue weighted by molar-refractivity contribution is 7.89. The lowest BCUT2D eigenvalue weighted by Gasteiger charge is -2.30. The van der Waals surface area contributed by atoms with Crippen molar-refractivity contribution in [3.8, 4) is 5.75 Å². The van der Waals surface area contributed by atoms with Crippen LogP contribution in [0.3, 0.4) is 0 Å². The molecule has 1 fully saturated rings. The van der Waals surface area contributed by atoms with Crippen LogP contribution in [0.25, 0.3) is 0 Å². The summed E-state index contributed by atoms with van der Waals surface area (Å²) in [4.78, 5) is 24.1. The van der Waals surface area contributed by atoms with E-state index in [2.05, 4.69) is 5.32 Å². The van der Waals surface area contributed by atoms with Gasteiger partial charge in [-0.3, -0.25) is 9.59 Å². The molecule has 3 rings (SSSR count). The molecule has 0 aliphatic carbocycles. The lowest BCUT2D eigenvalue weighted by molar-refractivity contribution is -0.126. The first kappa shape index (κ1) is 23.9. The van der Waals surface area contributed by atoms with Crippen molar-refractivity contribution in [1.82, 2.24) is 9.62 Å². The van der Waals surface area contributed by atoms with E-state index >= 15 is 0 Å². The first-order valence-corrected chi connectivity index (χ1v) is 12.3. The summed E-state index contributed by atoms with van der Waals surface area (Å²) in [5.74, 6) is 0.388. The average molecular weight is 459 g/mol. The molecular weight excluding hydrogens is 428 g/mol. The Bertz CT molecular complexity index is 1060. The van der Waals surface area contributed by atoms with Gasteiger partial charge in [0.1, 0.15) is 5.75 Å². The number of piperidine rings is 1. The second-order valence-corrected chi connectivity index (χ2v) is 10.0. The maximum absolute atomic E-state index is 12.9. The Kier molecular flexibility index (Phi) is 8.04. The van der Waals surface area contributed by atoms with Crippen molar-refractivity contribution in [2.75, 3.05) is 26.2 Å². The molecule has 1 amide bonds. The van der Waals surface area contributed by atoms with Gasteiger partial charge in [0.05, 0.1) is 11.5 Å². The topological polar surface area (TPSA) is 92.8 Å². The standard InChI is InChI=1S/C24H30N2O5S/c1-18-6-3-8-22(16-18)31-15-5-12-25-24(28)20-10-13-26(14-11-20)32(29,30)23-9-4-7-21(17-23)19(2)27/h3-4,6-9,16-17,20H,5,10-15H2,1-2H3,(H,25,28). The van der Waals surface area contributed by atoms with Crippen LogP contribution in [0, 0.1) is 12.8 Å². The molecular formula is C24H30N2O5S. The van der Waals surface area contributed by atoms with Crippen LogP contribution in [0.4, 0.5) is 0 Å². The van der Waals surface area contributed by atoms with E-state index in [9.17, 15) is 18.0 Å². The van der Waals surface area contributed by atoms with Crippen LogP contribution in [0.2, 0.25) is 0 Å². The number of nitrogens with zero attached hydrogens (tertiary/aromatic N) is 1. The third kappa shape index (κ3) is 6.17. The summed E-state index contributed by atoms with van der Waals surface area (Å²) in [7, 11) is -3.69. The van der Waals surface area contributed by atoms with E-state index in [1.165, 1.54) is 23.4 Å². The SMILES string of the molecule is CC(=O)c1cccc(S(=O)(=O)N2CCC(C(=O)NCCCOc3cccc(C)c3)CC2)c1. The minimum atomic E-state index is -3.69. The Labute approximate surface area is 189 Å². The van der Waals surface area contributed by atoms with Crippen LogP contribution >= 0.6 is 0 Å². The summed E-state index contributed by atoms with van der Waals surface area (Å²) in [5.41, 5.74) is 1.50. The molecule has 0 radical (unpaired) electrons. The van der Waals surface area contributed by atoms with Gasteiger partial charge in [0.2, 0.25) is 15.9 Å². The summed E-state index contributed by atoms with van der Waals surface area (Å²) < 4.78 is 32.9. The smallest absolute Gasteiger partial charge is 0.243 e. The lowest BCUT2D eigenvalue weighted by Crippen LogP contribution is -2.43. The van der Waals surface area contributed by atoms with Crippen molar-refractivity contribution in [2.24, 2.45) is 5.92 Å². The Balaban J connectivity index is 1.43. The number of hydrogen-bond donors (Lipinski definition) is 1. The highest BCUT2D eigenvalue weighted by Crippen LogP contribution is 2.24. The van der Waals surface area contributed by atoms with Crippen molar-refractivity contribution in [3.05, 3.63) is 59.7 Å². The fourth-order valence-electron chi connectivity index (χ4n) is 3.71. The highest BCUT2D eigenvalue weighted by atomic mass is 32.2. The van der Waals surface area contributed by atoms with Gasteiger partial charge in [-0.25, -0.2) is 8.42 Å². The number of carbonyl (C=O) groups excluding carboxylic acids is 2. The number of rotatable bonds is 9. The van der Waals surface area contributed by atoms with E-state index in [1.54, 1.807) is 12.1 Å². The van der Waals surface area contributed by atoms with E-state index in [0.717, 1.165) is 11.3 Å². The molecule has 1 saturated heterocycles. The van der Waals surface area contributed by atoms with Gasteiger partial charge in [0.15, 0.2) is 5.78 Å². The maximum Gasteiger partial charge on any atom is 0.243 e. The normalized spacial score (nSPS) is 15.3. The molecule has 0 saturated carbocycles. The number of Topliss-reactive ketones (excluding diaryl/α,β-unsaturated/α-hetero) is 1. The lowest BCUT2D eigenvalue weighted by atomic mass is 9.97. The molecule has 0 bridgehead atoms. The Morgan fingerprint density at radius 1 is 1.09 bits per heavy atom. The fraction of sp³-hybridized carbons (Fsp3) is 0.417. The average Bonchev–Trinajstić information content (AvgIpc) is 2.79. The predicted molar refractivity (Wildman–Crippen MR) is 122 cm³/mol. The number of ketones is 1. The molecule has 8 heteroatoms. The third-order valence-electron chi connectivity index (χ3n) is 5.58. The molecule has 1 aliphatic heterocycles. The molecule has 0 aromatic heterocycles. The molecule has 2 aromatic carbocycles. The maximum atomic E-state index is 12.9. The molecule has 2 aromatic rings. The predicted octanol–water partition coefficient (Wildman–Crippen LogP) is 3.18. The molecule has 1 heterocycles. The van der Waals surface area contributed by atoms with E-state index in [4.69, 9.17) is 4.74 Å². The molecule has 172 valence electrons. The van der Waals surface area contributed by atoms with Gasteiger partial charge < -0.3 is 10.1 Å². The van der Waals surface area contributed by atoms with Crippen molar-refractivity contribution in [3.63, 3.8) is 0 Å². The summed E-state index contributed by atoms with van der Waals surface area (Å²) in [5, 5.41) is 2.93.